The Morgan fingerprint density at radius 1 is 1.29 bits per heavy atom. The van der Waals surface area contributed by atoms with E-state index in [1.54, 1.807) is 0 Å². The molecule has 0 aliphatic carbocycles. The minimum atomic E-state index is -1.13. The van der Waals surface area contributed by atoms with Crippen molar-refractivity contribution in [1.29, 1.82) is 0 Å². The molecule has 0 aliphatic heterocycles. The van der Waals surface area contributed by atoms with Crippen LogP contribution in [0.3, 0.4) is 0 Å². The van der Waals surface area contributed by atoms with Crippen molar-refractivity contribution in [2.45, 2.75) is 19.3 Å². The van der Waals surface area contributed by atoms with E-state index in [2.05, 4.69) is 16.9 Å². The molecule has 1 aromatic carbocycles. The van der Waals surface area contributed by atoms with Crippen molar-refractivity contribution < 1.29 is 14.7 Å². The quantitative estimate of drug-likeness (QED) is 0.635. The first kappa shape index (κ1) is 17.7. The lowest BCUT2D eigenvalue weighted by Gasteiger charge is -2.10. The third-order valence-electron chi connectivity index (χ3n) is 2.77. The third-order valence-corrected chi connectivity index (χ3v) is 3.70. The van der Waals surface area contributed by atoms with Gasteiger partial charge in [0, 0.05) is 11.6 Å². The molecule has 0 spiro atoms. The Morgan fingerprint density at radius 2 is 2.05 bits per heavy atom. The molecule has 0 unspecified atom stereocenters. The van der Waals surface area contributed by atoms with Gasteiger partial charge in [0.2, 0.25) is 0 Å². The number of carbonyl (C=O) groups is 2. The molecule has 1 rings (SSSR count). The van der Waals surface area contributed by atoms with Crippen LogP contribution >= 0.6 is 23.4 Å². The molecule has 0 aliphatic rings. The number of halogens is 1. The Hall–Kier alpha value is -1.40. The van der Waals surface area contributed by atoms with Gasteiger partial charge in [0.25, 0.3) is 0 Å². The summed E-state index contributed by atoms with van der Waals surface area (Å²) in [4.78, 5) is 22.8. The van der Waals surface area contributed by atoms with Gasteiger partial charge in [0.05, 0.1) is 11.3 Å². The summed E-state index contributed by atoms with van der Waals surface area (Å²) >= 11 is 7.56. The first-order chi connectivity index (χ1) is 10.0. The molecular formula is C14H19ClN2O3S. The Balaban J connectivity index is 2.43. The van der Waals surface area contributed by atoms with Crippen LogP contribution in [0, 0.1) is 0 Å². The average molecular weight is 331 g/mol. The molecule has 2 amide bonds. The van der Waals surface area contributed by atoms with Gasteiger partial charge in [-0.15, -0.1) is 0 Å². The Morgan fingerprint density at radius 3 is 2.71 bits per heavy atom. The summed E-state index contributed by atoms with van der Waals surface area (Å²) in [5.41, 5.74) is 0.199. The van der Waals surface area contributed by atoms with Crippen molar-refractivity contribution >= 4 is 41.1 Å². The Labute approximate surface area is 133 Å². The number of amides is 2. The van der Waals surface area contributed by atoms with Crippen LogP contribution in [-0.2, 0) is 0 Å². The molecule has 5 nitrogen and oxygen atoms in total. The fraction of sp³-hybridized carbons (Fsp3) is 0.429. The Bertz CT molecular complexity index is 497. The number of benzene rings is 1. The Kier molecular flexibility index (Phi) is 8.00. The number of urea groups is 1. The zero-order valence-corrected chi connectivity index (χ0v) is 13.4. The zero-order chi connectivity index (χ0) is 15.7. The van der Waals surface area contributed by atoms with Crippen LogP contribution in [0.25, 0.3) is 0 Å². The third kappa shape index (κ3) is 6.73. The van der Waals surface area contributed by atoms with E-state index in [-0.39, 0.29) is 11.3 Å². The summed E-state index contributed by atoms with van der Waals surface area (Å²) in [5, 5.41) is 14.6. The molecule has 116 valence electrons. The van der Waals surface area contributed by atoms with Crippen LogP contribution in [0.2, 0.25) is 5.02 Å². The highest BCUT2D eigenvalue weighted by Crippen LogP contribution is 2.20. The van der Waals surface area contributed by atoms with E-state index in [0.717, 1.165) is 25.0 Å². The van der Waals surface area contributed by atoms with E-state index in [9.17, 15) is 9.59 Å². The molecule has 0 aromatic heterocycles. The molecule has 0 saturated heterocycles. The van der Waals surface area contributed by atoms with Gasteiger partial charge in [0.15, 0.2) is 0 Å². The van der Waals surface area contributed by atoms with E-state index < -0.39 is 12.0 Å². The summed E-state index contributed by atoms with van der Waals surface area (Å²) in [6, 6.07) is 3.90. The molecule has 0 fully saturated rings. The number of carboxylic acids is 1. The van der Waals surface area contributed by atoms with E-state index in [4.69, 9.17) is 16.7 Å². The predicted molar refractivity (Wildman–Crippen MR) is 87.7 cm³/mol. The number of hydrogen-bond donors (Lipinski definition) is 3. The summed E-state index contributed by atoms with van der Waals surface area (Å²) in [6.07, 6.45) is 5.16. The lowest BCUT2D eigenvalue weighted by molar-refractivity contribution is 0.0698. The molecule has 0 saturated carbocycles. The van der Waals surface area contributed by atoms with Crippen LogP contribution in [0.1, 0.15) is 29.6 Å². The average Bonchev–Trinajstić information content (AvgIpc) is 2.44. The van der Waals surface area contributed by atoms with Crippen molar-refractivity contribution in [3.63, 3.8) is 0 Å². The first-order valence-electron chi connectivity index (χ1n) is 6.61. The maximum atomic E-state index is 11.7. The van der Waals surface area contributed by atoms with Crippen molar-refractivity contribution in [3.05, 3.63) is 28.8 Å². The van der Waals surface area contributed by atoms with Gasteiger partial charge in [-0.2, -0.15) is 11.8 Å². The first-order valence-corrected chi connectivity index (χ1v) is 8.38. The van der Waals surface area contributed by atoms with Crippen molar-refractivity contribution in [1.82, 2.24) is 5.32 Å². The number of carboxylic acid groups (broad SMARTS) is 1. The van der Waals surface area contributed by atoms with Gasteiger partial charge in [-0.25, -0.2) is 9.59 Å². The zero-order valence-electron chi connectivity index (χ0n) is 11.8. The maximum Gasteiger partial charge on any atom is 0.337 e. The molecular weight excluding hydrogens is 312 g/mol. The SMILES string of the molecule is CSCCCCCNC(=O)Nc1ccc(Cl)cc1C(=O)O. The van der Waals surface area contributed by atoms with E-state index in [0.29, 0.717) is 11.6 Å². The van der Waals surface area contributed by atoms with Crippen LogP contribution in [-0.4, -0.2) is 35.7 Å². The number of rotatable bonds is 8. The second-order valence-corrected chi connectivity index (χ2v) is 5.85. The van der Waals surface area contributed by atoms with Gasteiger partial charge in [-0.05, 0) is 43.0 Å². The van der Waals surface area contributed by atoms with Crippen LogP contribution in [0.4, 0.5) is 10.5 Å². The highest BCUT2D eigenvalue weighted by atomic mass is 35.5. The van der Waals surface area contributed by atoms with Crippen molar-refractivity contribution in [2.24, 2.45) is 0 Å². The molecule has 21 heavy (non-hydrogen) atoms. The number of carbonyl (C=O) groups excluding carboxylic acids is 1. The van der Waals surface area contributed by atoms with Crippen molar-refractivity contribution in [3.8, 4) is 0 Å². The summed E-state index contributed by atoms with van der Waals surface area (Å²) in [5.74, 6) is -0.0104. The van der Waals surface area contributed by atoms with Gasteiger partial charge in [0.1, 0.15) is 0 Å². The highest BCUT2D eigenvalue weighted by Gasteiger charge is 2.12. The van der Waals surface area contributed by atoms with E-state index in [1.807, 2.05) is 11.8 Å². The lowest BCUT2D eigenvalue weighted by atomic mass is 10.2. The molecule has 3 N–H and O–H groups in total. The van der Waals surface area contributed by atoms with Crippen molar-refractivity contribution in [2.75, 3.05) is 23.9 Å². The summed E-state index contributed by atoms with van der Waals surface area (Å²) in [6.45, 7) is 0.566. The molecule has 0 heterocycles. The second kappa shape index (κ2) is 9.52. The topological polar surface area (TPSA) is 78.4 Å². The van der Waals surface area contributed by atoms with Gasteiger partial charge < -0.3 is 15.7 Å². The standard InChI is InChI=1S/C14H19ClN2O3S/c1-21-8-4-2-3-7-16-14(20)17-12-6-5-10(15)9-11(12)13(18)19/h5-6,9H,2-4,7-8H2,1H3,(H,18,19)(H2,16,17,20). The molecule has 0 atom stereocenters. The van der Waals surface area contributed by atoms with Crippen LogP contribution in [0.15, 0.2) is 18.2 Å². The molecule has 0 radical (unpaired) electrons. The number of hydrogen-bond acceptors (Lipinski definition) is 3. The monoisotopic (exact) mass is 330 g/mol. The van der Waals surface area contributed by atoms with Gasteiger partial charge >= 0.3 is 12.0 Å². The molecule has 7 heteroatoms. The maximum absolute atomic E-state index is 11.7. The molecule has 1 aromatic rings. The van der Waals surface area contributed by atoms with Crippen LogP contribution < -0.4 is 10.6 Å². The van der Waals surface area contributed by atoms with E-state index >= 15 is 0 Å². The summed E-state index contributed by atoms with van der Waals surface area (Å²) < 4.78 is 0. The van der Waals surface area contributed by atoms with Gasteiger partial charge in [-0.3, -0.25) is 0 Å². The number of nitrogens with one attached hydrogen (secondary N) is 2. The second-order valence-electron chi connectivity index (χ2n) is 4.43. The lowest BCUT2D eigenvalue weighted by Crippen LogP contribution is -2.30. The fourth-order valence-electron chi connectivity index (χ4n) is 1.72. The molecule has 0 bridgehead atoms. The smallest absolute Gasteiger partial charge is 0.337 e. The van der Waals surface area contributed by atoms with E-state index in [1.165, 1.54) is 18.2 Å². The number of aromatic carboxylic acids is 1. The minimum absolute atomic E-state index is 0.0300. The number of anilines is 1. The number of thioether (sulfide) groups is 1. The number of unbranched alkanes of at least 4 members (excludes halogenated alkanes) is 2. The largest absolute Gasteiger partial charge is 0.478 e. The normalized spacial score (nSPS) is 10.2. The van der Waals surface area contributed by atoms with Crippen LogP contribution in [0.5, 0.6) is 0 Å². The highest BCUT2D eigenvalue weighted by molar-refractivity contribution is 7.98. The van der Waals surface area contributed by atoms with Gasteiger partial charge in [-0.1, -0.05) is 18.0 Å². The predicted octanol–water partition coefficient (Wildman–Crippen LogP) is 3.69. The minimum Gasteiger partial charge on any atom is -0.478 e. The fourth-order valence-corrected chi connectivity index (χ4v) is 2.38. The summed E-state index contributed by atoms with van der Waals surface area (Å²) in [7, 11) is 0.